The molecule has 0 saturated heterocycles. The smallest absolute Gasteiger partial charge is 0.339 e. The Kier molecular flexibility index (Phi) is 8.99. The van der Waals surface area contributed by atoms with Crippen LogP contribution >= 0.6 is 0 Å². The van der Waals surface area contributed by atoms with Crippen molar-refractivity contribution in [3.63, 3.8) is 0 Å². The van der Waals surface area contributed by atoms with E-state index in [1.807, 2.05) is 0 Å². The first-order valence-corrected chi connectivity index (χ1v) is 5.72. The number of hydrogen-bond acceptors (Lipinski definition) is 5. The lowest BCUT2D eigenvalue weighted by molar-refractivity contribution is -0.138. The van der Waals surface area contributed by atoms with Gasteiger partial charge in [-0.05, 0) is 19.9 Å². The number of rotatable bonds is 8. The maximum atomic E-state index is 11.5. The minimum Gasteiger partial charge on any atom is -0.463 e. The lowest BCUT2D eigenvalue weighted by atomic mass is 10.2. The SMILES string of the molecule is C=CCN/C=C(/C=C/C(=O)OCC)C(=O)OCC. The van der Waals surface area contributed by atoms with Gasteiger partial charge in [-0.3, -0.25) is 0 Å². The summed E-state index contributed by atoms with van der Waals surface area (Å²) in [5.41, 5.74) is 0.242. The van der Waals surface area contributed by atoms with E-state index < -0.39 is 11.9 Å². The highest BCUT2D eigenvalue weighted by Crippen LogP contribution is 2.00. The van der Waals surface area contributed by atoms with Crippen molar-refractivity contribution in [2.45, 2.75) is 13.8 Å². The predicted octanol–water partition coefficient (Wildman–Crippen LogP) is 1.33. The van der Waals surface area contributed by atoms with E-state index in [1.54, 1.807) is 19.9 Å². The molecule has 0 spiro atoms. The van der Waals surface area contributed by atoms with Gasteiger partial charge in [-0.2, -0.15) is 0 Å². The highest BCUT2D eigenvalue weighted by molar-refractivity contribution is 5.93. The normalized spacial score (nSPS) is 11.1. The molecule has 0 amide bonds. The molecule has 0 rings (SSSR count). The molecule has 0 aromatic carbocycles. The third-order valence-corrected chi connectivity index (χ3v) is 1.72. The summed E-state index contributed by atoms with van der Waals surface area (Å²) in [6.07, 6.45) is 5.65. The quantitative estimate of drug-likeness (QED) is 0.232. The van der Waals surface area contributed by atoms with Crippen LogP contribution in [-0.4, -0.2) is 31.7 Å². The van der Waals surface area contributed by atoms with Crippen molar-refractivity contribution in [1.29, 1.82) is 0 Å². The van der Waals surface area contributed by atoms with Crippen LogP contribution in [0.25, 0.3) is 0 Å². The number of hydrogen-bond donors (Lipinski definition) is 1. The van der Waals surface area contributed by atoms with E-state index in [1.165, 1.54) is 18.4 Å². The van der Waals surface area contributed by atoms with E-state index in [0.29, 0.717) is 6.54 Å². The van der Waals surface area contributed by atoms with Crippen molar-refractivity contribution < 1.29 is 19.1 Å². The molecule has 0 radical (unpaired) electrons. The van der Waals surface area contributed by atoms with Gasteiger partial charge in [0.15, 0.2) is 0 Å². The third-order valence-electron chi connectivity index (χ3n) is 1.72. The van der Waals surface area contributed by atoms with Gasteiger partial charge in [0, 0.05) is 18.8 Å². The van der Waals surface area contributed by atoms with Crippen molar-refractivity contribution >= 4 is 11.9 Å². The van der Waals surface area contributed by atoms with Gasteiger partial charge in [0.25, 0.3) is 0 Å². The number of carbonyl (C=O) groups is 2. The van der Waals surface area contributed by atoms with Gasteiger partial charge < -0.3 is 14.8 Å². The first-order chi connectivity index (χ1) is 8.65. The van der Waals surface area contributed by atoms with Crippen LogP contribution in [0.1, 0.15) is 13.8 Å². The van der Waals surface area contributed by atoms with Crippen LogP contribution in [0.2, 0.25) is 0 Å². The van der Waals surface area contributed by atoms with Crippen LogP contribution in [0, 0.1) is 0 Å². The van der Waals surface area contributed by atoms with Crippen LogP contribution in [0.3, 0.4) is 0 Å². The second kappa shape index (κ2) is 10.1. The molecule has 0 aromatic heterocycles. The maximum Gasteiger partial charge on any atom is 0.339 e. The van der Waals surface area contributed by atoms with Gasteiger partial charge in [-0.25, -0.2) is 9.59 Å². The van der Waals surface area contributed by atoms with Crippen LogP contribution in [-0.2, 0) is 19.1 Å². The molecule has 0 bridgehead atoms. The average molecular weight is 253 g/mol. The van der Waals surface area contributed by atoms with E-state index in [2.05, 4.69) is 11.9 Å². The Hall–Kier alpha value is -2.04. The van der Waals surface area contributed by atoms with E-state index >= 15 is 0 Å². The zero-order chi connectivity index (χ0) is 13.8. The molecule has 5 nitrogen and oxygen atoms in total. The predicted molar refractivity (Wildman–Crippen MR) is 68.7 cm³/mol. The summed E-state index contributed by atoms with van der Waals surface area (Å²) < 4.78 is 9.57. The van der Waals surface area contributed by atoms with Crippen molar-refractivity contribution in [3.8, 4) is 0 Å². The summed E-state index contributed by atoms with van der Waals surface area (Å²) in [5, 5.41) is 2.85. The summed E-state index contributed by atoms with van der Waals surface area (Å²) in [6, 6.07) is 0. The molecule has 0 aliphatic rings. The zero-order valence-electron chi connectivity index (χ0n) is 10.8. The fourth-order valence-corrected chi connectivity index (χ4v) is 0.990. The maximum absolute atomic E-state index is 11.5. The molecule has 0 fully saturated rings. The molecule has 0 aliphatic carbocycles. The zero-order valence-corrected chi connectivity index (χ0v) is 10.8. The highest BCUT2D eigenvalue weighted by Gasteiger charge is 2.07. The molecule has 0 aromatic rings. The molecule has 1 N–H and O–H groups in total. The molecule has 0 saturated carbocycles. The summed E-state index contributed by atoms with van der Waals surface area (Å²) in [5.74, 6) is -1.01. The van der Waals surface area contributed by atoms with Crippen LogP contribution < -0.4 is 5.32 Å². The van der Waals surface area contributed by atoms with E-state index in [9.17, 15) is 9.59 Å². The Bertz CT molecular complexity index is 345. The van der Waals surface area contributed by atoms with Crippen LogP contribution in [0.5, 0.6) is 0 Å². The minimum absolute atomic E-state index is 0.242. The molecule has 0 heterocycles. The Morgan fingerprint density at radius 3 is 2.39 bits per heavy atom. The Labute approximate surface area is 107 Å². The lowest BCUT2D eigenvalue weighted by Crippen LogP contribution is -2.12. The fraction of sp³-hybridized carbons (Fsp3) is 0.385. The van der Waals surface area contributed by atoms with Crippen molar-refractivity contribution in [2.24, 2.45) is 0 Å². The summed E-state index contributed by atoms with van der Waals surface area (Å²) in [6.45, 7) is 8.02. The third kappa shape index (κ3) is 7.27. The molecular formula is C13H19NO4. The van der Waals surface area contributed by atoms with Gasteiger partial charge in [0.2, 0.25) is 0 Å². The molecular weight excluding hydrogens is 234 g/mol. The number of esters is 2. The molecule has 5 heteroatoms. The van der Waals surface area contributed by atoms with Crippen LogP contribution in [0.4, 0.5) is 0 Å². The van der Waals surface area contributed by atoms with Gasteiger partial charge in [-0.15, -0.1) is 6.58 Å². The largest absolute Gasteiger partial charge is 0.463 e. The summed E-state index contributed by atoms with van der Waals surface area (Å²) in [7, 11) is 0. The van der Waals surface area contributed by atoms with Gasteiger partial charge in [-0.1, -0.05) is 6.08 Å². The van der Waals surface area contributed by atoms with Gasteiger partial charge in [0.1, 0.15) is 0 Å². The topological polar surface area (TPSA) is 64.6 Å². The number of ether oxygens (including phenoxy) is 2. The lowest BCUT2D eigenvalue weighted by Gasteiger charge is -2.03. The standard InChI is InChI=1S/C13H19NO4/c1-4-9-14-10-11(13(16)18-6-3)7-8-12(15)17-5-2/h4,7-8,10,14H,1,5-6,9H2,2-3H3/b8-7+,11-10-. The van der Waals surface area contributed by atoms with E-state index in [0.717, 1.165) is 0 Å². The Morgan fingerprint density at radius 2 is 1.83 bits per heavy atom. The number of nitrogens with one attached hydrogen (secondary N) is 1. The molecule has 18 heavy (non-hydrogen) atoms. The number of carbonyl (C=O) groups excluding carboxylic acids is 2. The first-order valence-electron chi connectivity index (χ1n) is 5.72. The Morgan fingerprint density at radius 1 is 1.17 bits per heavy atom. The summed E-state index contributed by atoms with van der Waals surface area (Å²) in [4.78, 5) is 22.7. The van der Waals surface area contributed by atoms with Crippen LogP contribution in [0.15, 0.2) is 36.6 Å². The van der Waals surface area contributed by atoms with E-state index in [-0.39, 0.29) is 18.8 Å². The molecule has 0 unspecified atom stereocenters. The van der Waals surface area contributed by atoms with Gasteiger partial charge in [0.05, 0.1) is 18.8 Å². The van der Waals surface area contributed by atoms with E-state index in [4.69, 9.17) is 9.47 Å². The van der Waals surface area contributed by atoms with Gasteiger partial charge >= 0.3 is 11.9 Å². The molecule has 0 aliphatic heterocycles. The van der Waals surface area contributed by atoms with Crippen molar-refractivity contribution in [2.75, 3.05) is 19.8 Å². The monoisotopic (exact) mass is 253 g/mol. The second-order valence-electron chi connectivity index (χ2n) is 3.10. The highest BCUT2D eigenvalue weighted by atomic mass is 16.5. The first kappa shape index (κ1) is 16.0. The van der Waals surface area contributed by atoms with Crippen molar-refractivity contribution in [1.82, 2.24) is 5.32 Å². The average Bonchev–Trinajstić information content (AvgIpc) is 2.34. The molecule has 0 atom stereocenters. The minimum atomic E-state index is -0.505. The Balaban J connectivity index is 4.65. The van der Waals surface area contributed by atoms with Crippen molar-refractivity contribution in [3.05, 3.63) is 36.6 Å². The summed E-state index contributed by atoms with van der Waals surface area (Å²) >= 11 is 0. The molecule has 100 valence electrons. The fourth-order valence-electron chi connectivity index (χ4n) is 0.990. The second-order valence-corrected chi connectivity index (χ2v) is 3.10.